The predicted octanol–water partition coefficient (Wildman–Crippen LogP) is 1.45. The minimum atomic E-state index is 0.804. The second kappa shape index (κ2) is 3.89. The summed E-state index contributed by atoms with van der Waals surface area (Å²) in [6.45, 7) is 7.43. The predicted molar refractivity (Wildman–Crippen MR) is 41.3 cm³/mol. The van der Waals surface area contributed by atoms with Gasteiger partial charge in [0.2, 0.25) is 0 Å². The van der Waals surface area contributed by atoms with Crippen LogP contribution in [0.25, 0.3) is 0 Å². The molecule has 2 nitrogen and oxygen atoms in total. The molecule has 0 atom stereocenters. The molecule has 0 saturated carbocycles. The van der Waals surface area contributed by atoms with E-state index in [2.05, 4.69) is 11.7 Å². The van der Waals surface area contributed by atoms with Crippen molar-refractivity contribution in [3.8, 4) is 0 Å². The van der Waals surface area contributed by atoms with Crippen LogP contribution in [0.15, 0.2) is 29.4 Å². The van der Waals surface area contributed by atoms with E-state index in [1.54, 1.807) is 0 Å². The first kappa shape index (κ1) is 7.95. The van der Waals surface area contributed by atoms with Gasteiger partial charge in [0.1, 0.15) is 0 Å². The first-order chi connectivity index (χ1) is 4.16. The lowest BCUT2D eigenvalue weighted by Gasteiger charge is -1.85. The van der Waals surface area contributed by atoms with E-state index in [-0.39, 0.29) is 0 Å². The third-order valence-electron chi connectivity index (χ3n) is 0.813. The Labute approximate surface area is 55.8 Å². The topological polar surface area (TPSA) is 38.4 Å². The molecule has 50 valence electrons. The summed E-state index contributed by atoms with van der Waals surface area (Å²) >= 11 is 0. The highest BCUT2D eigenvalue weighted by atomic mass is 15.1. The highest BCUT2D eigenvalue weighted by Gasteiger charge is 1.78. The van der Waals surface area contributed by atoms with Crippen molar-refractivity contribution in [1.82, 2.24) is 0 Å². The number of hydrazone groups is 1. The molecule has 0 rings (SSSR count). The molecule has 0 heterocycles. The normalized spacial score (nSPS) is 12.4. The molecule has 0 radical (unpaired) electrons. The molecule has 0 unspecified atom stereocenters. The van der Waals surface area contributed by atoms with Crippen LogP contribution in [0.3, 0.4) is 0 Å². The molecule has 0 bridgehead atoms. The fourth-order valence-corrected chi connectivity index (χ4v) is 0.306. The summed E-state index contributed by atoms with van der Waals surface area (Å²) in [6.07, 6.45) is 3.69. The van der Waals surface area contributed by atoms with Crippen molar-refractivity contribution >= 4 is 5.71 Å². The van der Waals surface area contributed by atoms with Gasteiger partial charge in [-0.15, -0.1) is 0 Å². The highest BCUT2D eigenvalue weighted by molar-refractivity contribution is 5.92. The van der Waals surface area contributed by atoms with Crippen molar-refractivity contribution in [2.45, 2.75) is 13.8 Å². The summed E-state index contributed by atoms with van der Waals surface area (Å²) in [5.41, 5.74) is 1.80. The maximum absolute atomic E-state index is 4.97. The molecule has 0 fully saturated rings. The Kier molecular flexibility index (Phi) is 3.44. The van der Waals surface area contributed by atoms with Crippen molar-refractivity contribution in [2.75, 3.05) is 0 Å². The van der Waals surface area contributed by atoms with Crippen LogP contribution in [0, 0.1) is 0 Å². The van der Waals surface area contributed by atoms with E-state index >= 15 is 0 Å². The molecule has 0 aromatic carbocycles. The van der Waals surface area contributed by atoms with Crippen LogP contribution in [-0.2, 0) is 0 Å². The third kappa shape index (κ3) is 4.81. The number of allylic oxidation sites excluding steroid dienone is 3. The Morgan fingerprint density at radius 3 is 2.33 bits per heavy atom. The van der Waals surface area contributed by atoms with E-state index in [0.29, 0.717) is 0 Å². The molecule has 2 heteroatoms. The lowest BCUT2D eigenvalue weighted by atomic mass is 10.3. The molecule has 0 aliphatic rings. The summed E-state index contributed by atoms with van der Waals surface area (Å²) in [5.74, 6) is 4.97. The largest absolute Gasteiger partial charge is 0.323 e. The lowest BCUT2D eigenvalue weighted by molar-refractivity contribution is 1.24. The Morgan fingerprint density at radius 1 is 1.44 bits per heavy atom. The fraction of sp³-hybridized carbons (Fsp3) is 0.286. The van der Waals surface area contributed by atoms with Gasteiger partial charge < -0.3 is 5.84 Å². The molecule has 0 spiro atoms. The first-order valence-electron chi connectivity index (χ1n) is 2.75. The molecule has 0 saturated heterocycles. The molecule has 0 aromatic heterocycles. The number of hydrogen-bond donors (Lipinski definition) is 1. The number of nitrogens with zero attached hydrogens (tertiary/aromatic N) is 1. The van der Waals surface area contributed by atoms with Gasteiger partial charge in [0.15, 0.2) is 0 Å². The third-order valence-corrected chi connectivity index (χ3v) is 0.813. The number of hydrogen-bond acceptors (Lipinski definition) is 2. The second-order valence-electron chi connectivity index (χ2n) is 1.95. The van der Waals surface area contributed by atoms with Gasteiger partial charge in [-0.05, 0) is 19.9 Å². The van der Waals surface area contributed by atoms with Gasteiger partial charge in [-0.1, -0.05) is 18.2 Å². The summed E-state index contributed by atoms with van der Waals surface area (Å²) in [6, 6.07) is 0. The maximum atomic E-state index is 4.97. The molecule has 9 heavy (non-hydrogen) atoms. The van der Waals surface area contributed by atoms with E-state index in [9.17, 15) is 0 Å². The minimum absolute atomic E-state index is 0.804. The van der Waals surface area contributed by atoms with Crippen molar-refractivity contribution < 1.29 is 0 Å². The SMILES string of the molecule is C=C(C)/C=C\C(C)=N/N. The van der Waals surface area contributed by atoms with Crippen LogP contribution in [0.2, 0.25) is 0 Å². The molecule has 2 N–H and O–H groups in total. The monoisotopic (exact) mass is 124 g/mol. The highest BCUT2D eigenvalue weighted by Crippen LogP contribution is 1.88. The lowest BCUT2D eigenvalue weighted by Crippen LogP contribution is -1.90. The van der Waals surface area contributed by atoms with Crippen LogP contribution < -0.4 is 5.84 Å². The van der Waals surface area contributed by atoms with E-state index in [4.69, 9.17) is 5.84 Å². The van der Waals surface area contributed by atoms with E-state index in [1.807, 2.05) is 26.0 Å². The van der Waals surface area contributed by atoms with Crippen LogP contribution >= 0.6 is 0 Å². The Hall–Kier alpha value is -1.05. The Bertz CT molecular complexity index is 154. The average Bonchev–Trinajstić information content (AvgIpc) is 1.83. The average molecular weight is 124 g/mol. The van der Waals surface area contributed by atoms with Gasteiger partial charge in [0, 0.05) is 0 Å². The van der Waals surface area contributed by atoms with Crippen LogP contribution in [0.4, 0.5) is 0 Å². The zero-order chi connectivity index (χ0) is 7.28. The molecule has 0 aromatic rings. The Morgan fingerprint density at radius 2 is 2.00 bits per heavy atom. The van der Waals surface area contributed by atoms with Crippen molar-refractivity contribution in [1.29, 1.82) is 0 Å². The summed E-state index contributed by atoms with van der Waals surface area (Å²) in [7, 11) is 0. The van der Waals surface area contributed by atoms with Crippen LogP contribution in [-0.4, -0.2) is 5.71 Å². The van der Waals surface area contributed by atoms with Crippen LogP contribution in [0.1, 0.15) is 13.8 Å². The van der Waals surface area contributed by atoms with E-state index in [0.717, 1.165) is 11.3 Å². The van der Waals surface area contributed by atoms with Gasteiger partial charge in [-0.2, -0.15) is 5.10 Å². The van der Waals surface area contributed by atoms with Gasteiger partial charge in [0.25, 0.3) is 0 Å². The summed E-state index contributed by atoms with van der Waals surface area (Å²) < 4.78 is 0. The molecule has 0 aliphatic carbocycles. The molecular weight excluding hydrogens is 112 g/mol. The van der Waals surface area contributed by atoms with Gasteiger partial charge >= 0.3 is 0 Å². The minimum Gasteiger partial charge on any atom is -0.323 e. The van der Waals surface area contributed by atoms with Gasteiger partial charge in [0.05, 0.1) is 5.71 Å². The van der Waals surface area contributed by atoms with Crippen molar-refractivity contribution in [3.63, 3.8) is 0 Å². The number of rotatable bonds is 2. The smallest absolute Gasteiger partial charge is 0.0569 e. The summed E-state index contributed by atoms with van der Waals surface area (Å²) in [4.78, 5) is 0. The second-order valence-corrected chi connectivity index (χ2v) is 1.95. The fourth-order valence-electron chi connectivity index (χ4n) is 0.306. The number of nitrogens with two attached hydrogens (primary N) is 1. The standard InChI is InChI=1S/C7H12N2/c1-6(2)4-5-7(3)9-8/h4-5H,1,8H2,2-3H3/b5-4-,9-7-. The van der Waals surface area contributed by atoms with Crippen LogP contribution in [0.5, 0.6) is 0 Å². The zero-order valence-corrected chi connectivity index (χ0v) is 5.89. The molecule has 0 aliphatic heterocycles. The molecule has 0 amide bonds. The van der Waals surface area contributed by atoms with Crippen molar-refractivity contribution in [2.24, 2.45) is 10.9 Å². The Balaban J connectivity index is 3.86. The van der Waals surface area contributed by atoms with Gasteiger partial charge in [-0.3, -0.25) is 0 Å². The quantitative estimate of drug-likeness (QED) is 0.257. The van der Waals surface area contributed by atoms with E-state index in [1.165, 1.54) is 0 Å². The maximum Gasteiger partial charge on any atom is 0.0569 e. The van der Waals surface area contributed by atoms with E-state index < -0.39 is 0 Å². The molecular formula is C7H12N2. The van der Waals surface area contributed by atoms with Gasteiger partial charge in [-0.25, -0.2) is 0 Å². The first-order valence-corrected chi connectivity index (χ1v) is 2.75. The zero-order valence-electron chi connectivity index (χ0n) is 5.89. The van der Waals surface area contributed by atoms with Crippen molar-refractivity contribution in [3.05, 3.63) is 24.3 Å². The summed E-state index contributed by atoms with van der Waals surface area (Å²) in [5, 5.41) is 3.45.